The molecule has 1 N–H and O–H groups in total. The lowest BCUT2D eigenvalue weighted by Gasteiger charge is -2.39. The zero-order valence-corrected chi connectivity index (χ0v) is 22.4. The van der Waals surface area contributed by atoms with Crippen LogP contribution in [-0.4, -0.2) is 62.7 Å². The maximum Gasteiger partial charge on any atom is 0.303 e. The van der Waals surface area contributed by atoms with Gasteiger partial charge in [0.25, 0.3) is 5.91 Å². The van der Waals surface area contributed by atoms with E-state index in [-0.39, 0.29) is 42.6 Å². The summed E-state index contributed by atoms with van der Waals surface area (Å²) < 4.78 is 16.8. The predicted molar refractivity (Wildman–Crippen MR) is 141 cm³/mol. The molecule has 0 bridgehead atoms. The quantitative estimate of drug-likeness (QED) is 0.469. The lowest BCUT2D eigenvalue weighted by molar-refractivity contribution is -0.187. The number of nitrogens with zero attached hydrogens (tertiary/aromatic N) is 4. The van der Waals surface area contributed by atoms with Gasteiger partial charge in [-0.1, -0.05) is 31.5 Å². The molecule has 38 heavy (non-hydrogen) atoms. The summed E-state index contributed by atoms with van der Waals surface area (Å²) in [6.07, 6.45) is 3.36. The molecular weight excluding hydrogens is 511 g/mol. The van der Waals surface area contributed by atoms with Crippen LogP contribution in [0, 0.1) is 11.7 Å². The Morgan fingerprint density at radius 3 is 2.71 bits per heavy atom. The number of benzene rings is 1. The van der Waals surface area contributed by atoms with Crippen molar-refractivity contribution in [2.24, 2.45) is 5.92 Å². The summed E-state index contributed by atoms with van der Waals surface area (Å²) in [5.74, 6) is -1.14. The van der Waals surface area contributed by atoms with Crippen LogP contribution in [0.4, 0.5) is 4.39 Å². The van der Waals surface area contributed by atoms with Gasteiger partial charge >= 0.3 is 5.97 Å². The number of carboxylic acids is 1. The first-order valence-corrected chi connectivity index (χ1v) is 13.3. The topological polar surface area (TPSA) is 87.9 Å². The number of amides is 1. The molecule has 1 saturated heterocycles. The van der Waals surface area contributed by atoms with E-state index in [1.807, 2.05) is 16.7 Å². The van der Waals surface area contributed by atoms with Crippen LogP contribution >= 0.6 is 11.6 Å². The molecule has 1 aromatic carbocycles. The summed E-state index contributed by atoms with van der Waals surface area (Å²) in [5.41, 5.74) is 2.96. The van der Waals surface area contributed by atoms with Gasteiger partial charge in [0, 0.05) is 59.3 Å². The molecule has 0 aliphatic carbocycles. The molecule has 3 aromatic rings. The zero-order valence-electron chi connectivity index (χ0n) is 21.6. The Labute approximate surface area is 225 Å². The van der Waals surface area contributed by atoms with E-state index in [4.69, 9.17) is 21.5 Å². The van der Waals surface area contributed by atoms with Gasteiger partial charge in [-0.15, -0.1) is 0 Å². The maximum absolute atomic E-state index is 14.8. The standard InChI is InChI=1S/C28H32ClFN4O4/c1-28(2)17-32(24(35)16-38-33-10-7-18(8-11-33)12-25(36)37)15-23-26(28)21-4-3-9-31-27(21)34(23)14-19-5-6-20(29)13-22(19)30/h3-6,9,13,18H,7-8,10-12,14-17H2,1-2H3,(H,36,37). The molecule has 0 spiro atoms. The molecule has 0 saturated carbocycles. The molecule has 0 unspecified atom stereocenters. The van der Waals surface area contributed by atoms with E-state index in [0.29, 0.717) is 36.8 Å². The SMILES string of the molecule is CC1(C)CN(C(=O)CON2CCC(CC(=O)O)CC2)Cc2c1c1cccnc1n2Cc1ccc(Cl)cc1F. The summed E-state index contributed by atoms with van der Waals surface area (Å²) in [6, 6.07) is 8.60. The van der Waals surface area contributed by atoms with Crippen molar-refractivity contribution in [1.29, 1.82) is 0 Å². The van der Waals surface area contributed by atoms with Crippen molar-refractivity contribution < 1.29 is 23.9 Å². The lowest BCUT2D eigenvalue weighted by atomic mass is 9.79. The highest BCUT2D eigenvalue weighted by molar-refractivity contribution is 6.30. The van der Waals surface area contributed by atoms with E-state index in [1.54, 1.807) is 28.3 Å². The van der Waals surface area contributed by atoms with Crippen molar-refractivity contribution in [2.75, 3.05) is 26.2 Å². The Bertz CT molecular complexity index is 1370. The normalized spacial score (nSPS) is 18.1. The van der Waals surface area contributed by atoms with Crippen molar-refractivity contribution in [3.8, 4) is 0 Å². The van der Waals surface area contributed by atoms with Crippen LogP contribution in [0.25, 0.3) is 11.0 Å². The highest BCUT2D eigenvalue weighted by Gasteiger charge is 2.39. The molecule has 202 valence electrons. The monoisotopic (exact) mass is 542 g/mol. The zero-order chi connectivity index (χ0) is 27.0. The number of carbonyl (C=O) groups excluding carboxylic acids is 1. The summed E-state index contributed by atoms with van der Waals surface area (Å²) in [7, 11) is 0. The van der Waals surface area contributed by atoms with Crippen LogP contribution in [-0.2, 0) is 32.9 Å². The predicted octanol–water partition coefficient (Wildman–Crippen LogP) is 4.62. The van der Waals surface area contributed by atoms with Gasteiger partial charge < -0.3 is 14.6 Å². The molecule has 2 aromatic heterocycles. The third-order valence-electron chi connectivity index (χ3n) is 7.63. The number of carbonyl (C=O) groups is 2. The van der Waals surface area contributed by atoms with Gasteiger partial charge in [-0.2, -0.15) is 5.06 Å². The number of halogens is 2. The van der Waals surface area contributed by atoms with Crippen LogP contribution in [0.15, 0.2) is 36.5 Å². The summed E-state index contributed by atoms with van der Waals surface area (Å²) in [5, 5.41) is 12.1. The molecule has 1 fully saturated rings. The first-order valence-electron chi connectivity index (χ1n) is 12.9. The van der Waals surface area contributed by atoms with Gasteiger partial charge in [0.2, 0.25) is 0 Å². The summed E-state index contributed by atoms with van der Waals surface area (Å²) >= 11 is 5.97. The van der Waals surface area contributed by atoms with Gasteiger partial charge in [-0.3, -0.25) is 14.4 Å². The Morgan fingerprint density at radius 2 is 2.00 bits per heavy atom. The number of aliphatic carboxylic acids is 1. The van der Waals surface area contributed by atoms with Crippen molar-refractivity contribution in [2.45, 2.75) is 51.6 Å². The van der Waals surface area contributed by atoms with Crippen molar-refractivity contribution in [3.63, 3.8) is 0 Å². The Hall–Kier alpha value is -3.01. The molecule has 2 aliphatic heterocycles. The molecule has 8 nitrogen and oxygen atoms in total. The minimum atomic E-state index is -0.780. The van der Waals surface area contributed by atoms with Crippen LogP contribution in [0.3, 0.4) is 0 Å². The second kappa shape index (κ2) is 10.6. The number of aromatic nitrogens is 2. The Balaban J connectivity index is 1.36. The molecule has 4 heterocycles. The lowest BCUT2D eigenvalue weighted by Crippen LogP contribution is -2.47. The molecule has 0 atom stereocenters. The second-order valence-corrected chi connectivity index (χ2v) is 11.3. The van der Waals surface area contributed by atoms with Crippen molar-refractivity contribution in [3.05, 3.63) is 64.2 Å². The first-order chi connectivity index (χ1) is 18.1. The van der Waals surface area contributed by atoms with Gasteiger partial charge in [0.05, 0.1) is 13.1 Å². The molecule has 2 aliphatic rings. The molecule has 0 radical (unpaired) electrons. The van der Waals surface area contributed by atoms with E-state index in [2.05, 4.69) is 18.8 Å². The number of fused-ring (bicyclic) bond motifs is 3. The third kappa shape index (κ3) is 5.41. The van der Waals surface area contributed by atoms with Crippen LogP contribution in [0.2, 0.25) is 5.02 Å². The molecule has 1 amide bonds. The van der Waals surface area contributed by atoms with Crippen LogP contribution in [0.5, 0.6) is 0 Å². The van der Waals surface area contributed by atoms with Gasteiger partial charge in [-0.25, -0.2) is 9.37 Å². The maximum atomic E-state index is 14.8. The fourth-order valence-electron chi connectivity index (χ4n) is 5.83. The Kier molecular flexibility index (Phi) is 7.44. The fraction of sp³-hybridized carbons (Fsp3) is 0.464. The second-order valence-electron chi connectivity index (χ2n) is 10.9. The highest BCUT2D eigenvalue weighted by atomic mass is 35.5. The number of carboxylic acid groups (broad SMARTS) is 1. The average Bonchev–Trinajstić information content (AvgIpc) is 3.18. The third-order valence-corrected chi connectivity index (χ3v) is 7.87. The Morgan fingerprint density at radius 1 is 1.24 bits per heavy atom. The number of hydrogen-bond acceptors (Lipinski definition) is 5. The smallest absolute Gasteiger partial charge is 0.303 e. The molecule has 10 heteroatoms. The minimum absolute atomic E-state index is 0.0840. The van der Waals surface area contributed by atoms with E-state index >= 15 is 0 Å². The van der Waals surface area contributed by atoms with Gasteiger partial charge in [-0.05, 0) is 48.6 Å². The average molecular weight is 543 g/mol. The molecular formula is C28H32ClFN4O4. The van der Waals surface area contributed by atoms with E-state index in [9.17, 15) is 14.0 Å². The van der Waals surface area contributed by atoms with Gasteiger partial charge in [0.1, 0.15) is 18.1 Å². The number of rotatable bonds is 7. The number of pyridine rings is 1. The summed E-state index contributed by atoms with van der Waals surface area (Å²) in [6.45, 7) is 6.50. The van der Waals surface area contributed by atoms with Crippen LogP contribution < -0.4 is 0 Å². The largest absolute Gasteiger partial charge is 0.481 e. The van der Waals surface area contributed by atoms with Crippen molar-refractivity contribution in [1.82, 2.24) is 19.5 Å². The number of hydroxylamine groups is 2. The van der Waals surface area contributed by atoms with E-state index in [1.165, 1.54) is 6.07 Å². The fourth-order valence-corrected chi connectivity index (χ4v) is 5.99. The minimum Gasteiger partial charge on any atom is -0.481 e. The van der Waals surface area contributed by atoms with Crippen molar-refractivity contribution >= 4 is 34.5 Å². The molecule has 5 rings (SSSR count). The van der Waals surface area contributed by atoms with Crippen LogP contribution in [0.1, 0.15) is 49.9 Å². The number of hydrogen-bond donors (Lipinski definition) is 1. The van der Waals surface area contributed by atoms with E-state index < -0.39 is 5.97 Å². The van der Waals surface area contributed by atoms with E-state index in [0.717, 1.165) is 35.1 Å². The summed E-state index contributed by atoms with van der Waals surface area (Å²) in [4.78, 5) is 36.6. The number of piperidine rings is 1. The van der Waals surface area contributed by atoms with Gasteiger partial charge in [0.15, 0.2) is 0 Å². The highest BCUT2D eigenvalue weighted by Crippen LogP contribution is 2.40. The first kappa shape index (κ1) is 26.6.